The number of rotatable bonds is 6. The van der Waals surface area contributed by atoms with Crippen LogP contribution in [0.4, 0.5) is 5.69 Å². The van der Waals surface area contributed by atoms with Crippen molar-refractivity contribution in [1.29, 1.82) is 0 Å². The Balaban J connectivity index is 1.36. The Labute approximate surface area is 199 Å². The molecule has 0 saturated heterocycles. The van der Waals surface area contributed by atoms with E-state index in [0.29, 0.717) is 5.92 Å². The molecule has 1 aliphatic rings. The van der Waals surface area contributed by atoms with Crippen LogP contribution in [0.15, 0.2) is 70.2 Å². The smallest absolute Gasteiger partial charge is 0.200 e. The van der Waals surface area contributed by atoms with Crippen molar-refractivity contribution in [2.45, 2.75) is 35.7 Å². The van der Waals surface area contributed by atoms with E-state index in [1.807, 2.05) is 55.3 Å². The van der Waals surface area contributed by atoms with Crippen LogP contribution >= 0.6 is 23.1 Å². The molecule has 5 aromatic rings. The SMILES string of the molecule is C/C=N\c1ccc(Sc2nnc3ccc(-c4cnn(C)c4)cn23)cc1-c1cnc(C2CC2)s1. The van der Waals surface area contributed by atoms with Crippen LogP contribution in [0.2, 0.25) is 0 Å². The first-order valence-electron chi connectivity index (χ1n) is 10.8. The van der Waals surface area contributed by atoms with E-state index in [0.717, 1.165) is 43.0 Å². The summed E-state index contributed by atoms with van der Waals surface area (Å²) >= 11 is 3.38. The summed E-state index contributed by atoms with van der Waals surface area (Å²) < 4.78 is 3.83. The van der Waals surface area contributed by atoms with E-state index in [9.17, 15) is 0 Å². The molecule has 0 radical (unpaired) electrons. The molecule has 1 aromatic carbocycles. The maximum atomic E-state index is 4.67. The Kier molecular flexibility index (Phi) is 5.07. The van der Waals surface area contributed by atoms with Crippen LogP contribution in [0, 0.1) is 0 Å². The number of fused-ring (bicyclic) bond motifs is 1. The fourth-order valence-corrected chi connectivity index (χ4v) is 5.71. The van der Waals surface area contributed by atoms with Gasteiger partial charge >= 0.3 is 0 Å². The zero-order valence-corrected chi connectivity index (χ0v) is 19.8. The summed E-state index contributed by atoms with van der Waals surface area (Å²) in [5.41, 5.74) is 5.01. The highest BCUT2D eigenvalue weighted by Crippen LogP contribution is 2.45. The highest BCUT2D eigenvalue weighted by Gasteiger charge is 2.27. The number of hydrogen-bond donors (Lipinski definition) is 0. The molecule has 1 saturated carbocycles. The Bertz CT molecular complexity index is 1490. The fourth-order valence-electron chi connectivity index (χ4n) is 3.74. The minimum atomic E-state index is 0.649. The third-order valence-corrected chi connectivity index (χ3v) is 7.71. The maximum Gasteiger partial charge on any atom is 0.200 e. The summed E-state index contributed by atoms with van der Waals surface area (Å²) in [7, 11) is 1.92. The molecule has 164 valence electrons. The number of pyridine rings is 1. The average molecular weight is 472 g/mol. The fraction of sp³-hybridized carbons (Fsp3) is 0.208. The normalized spacial score (nSPS) is 14.0. The molecule has 0 spiro atoms. The van der Waals surface area contributed by atoms with Crippen LogP contribution in [0.5, 0.6) is 0 Å². The van der Waals surface area contributed by atoms with Crippen molar-refractivity contribution in [3.05, 3.63) is 60.1 Å². The second-order valence-electron chi connectivity index (χ2n) is 8.04. The molecule has 4 heterocycles. The number of aliphatic imine (C=N–C) groups is 1. The molecule has 7 nitrogen and oxygen atoms in total. The summed E-state index contributed by atoms with van der Waals surface area (Å²) in [5, 5.41) is 15.1. The summed E-state index contributed by atoms with van der Waals surface area (Å²) in [5.74, 6) is 0.649. The number of aryl methyl sites for hydroxylation is 1. The van der Waals surface area contributed by atoms with Crippen LogP contribution < -0.4 is 0 Å². The molecule has 0 unspecified atom stereocenters. The van der Waals surface area contributed by atoms with Gasteiger partial charge in [0.2, 0.25) is 0 Å². The minimum Gasteiger partial charge on any atom is -0.277 e. The van der Waals surface area contributed by atoms with Gasteiger partial charge in [-0.1, -0.05) is 0 Å². The predicted molar refractivity (Wildman–Crippen MR) is 133 cm³/mol. The average Bonchev–Trinajstić information content (AvgIpc) is 3.20. The van der Waals surface area contributed by atoms with E-state index < -0.39 is 0 Å². The lowest BCUT2D eigenvalue weighted by atomic mass is 10.1. The highest BCUT2D eigenvalue weighted by molar-refractivity contribution is 7.99. The standard InChI is InChI=1S/C24H21N7S2/c1-3-25-20-8-7-18(10-19(20)21-12-26-23(33-21)15-4-5-15)32-24-29-28-22-9-6-16(14-31(22)24)17-11-27-30(2)13-17/h3,6-15H,4-5H2,1-2H3/b25-3-. The van der Waals surface area contributed by atoms with Crippen LogP contribution in [0.3, 0.4) is 0 Å². The lowest BCUT2D eigenvalue weighted by Crippen LogP contribution is -1.89. The molecule has 1 fully saturated rings. The molecule has 4 aromatic heterocycles. The Morgan fingerprint density at radius 2 is 2.00 bits per heavy atom. The van der Waals surface area contributed by atoms with Crippen LogP contribution in [0.1, 0.15) is 30.7 Å². The van der Waals surface area contributed by atoms with E-state index in [2.05, 4.69) is 49.7 Å². The lowest BCUT2D eigenvalue weighted by molar-refractivity contribution is 0.768. The van der Waals surface area contributed by atoms with Gasteiger partial charge in [0.15, 0.2) is 10.8 Å². The van der Waals surface area contributed by atoms with Gasteiger partial charge in [-0.15, -0.1) is 21.5 Å². The monoisotopic (exact) mass is 471 g/mol. The van der Waals surface area contributed by atoms with Gasteiger partial charge in [-0.2, -0.15) is 5.10 Å². The van der Waals surface area contributed by atoms with E-state index in [1.165, 1.54) is 17.8 Å². The number of hydrogen-bond acceptors (Lipinski definition) is 7. The van der Waals surface area contributed by atoms with Gasteiger partial charge in [-0.25, -0.2) is 4.98 Å². The molecule has 0 amide bonds. The first-order chi connectivity index (χ1) is 16.2. The van der Waals surface area contributed by atoms with Crippen molar-refractivity contribution < 1.29 is 0 Å². The number of benzene rings is 1. The van der Waals surface area contributed by atoms with Crippen molar-refractivity contribution in [1.82, 2.24) is 29.4 Å². The Morgan fingerprint density at radius 1 is 1.09 bits per heavy atom. The first-order valence-corrected chi connectivity index (χ1v) is 12.4. The molecule has 9 heteroatoms. The van der Waals surface area contributed by atoms with Crippen molar-refractivity contribution >= 4 is 40.6 Å². The van der Waals surface area contributed by atoms with E-state index in [-0.39, 0.29) is 0 Å². The summed E-state index contributed by atoms with van der Waals surface area (Å²) in [6.07, 6.45) is 12.3. The van der Waals surface area contributed by atoms with Gasteiger partial charge in [0.1, 0.15) is 0 Å². The lowest BCUT2D eigenvalue weighted by Gasteiger charge is -2.07. The molecule has 6 rings (SSSR count). The van der Waals surface area contributed by atoms with Crippen molar-refractivity contribution in [3.8, 4) is 21.6 Å². The molecule has 0 atom stereocenters. The van der Waals surface area contributed by atoms with Crippen molar-refractivity contribution in [3.63, 3.8) is 0 Å². The van der Waals surface area contributed by atoms with E-state index in [1.54, 1.807) is 27.8 Å². The molecular formula is C24H21N7S2. The third-order valence-electron chi connectivity index (χ3n) is 5.57. The molecule has 1 aliphatic carbocycles. The molecule has 0 aliphatic heterocycles. The van der Waals surface area contributed by atoms with Gasteiger partial charge in [0, 0.05) is 59.4 Å². The molecular weight excluding hydrogens is 450 g/mol. The second-order valence-corrected chi connectivity index (χ2v) is 10.1. The van der Waals surface area contributed by atoms with Crippen LogP contribution in [0.25, 0.3) is 27.2 Å². The second kappa shape index (κ2) is 8.24. The quantitative estimate of drug-likeness (QED) is 0.284. The maximum absolute atomic E-state index is 4.67. The van der Waals surface area contributed by atoms with E-state index in [4.69, 9.17) is 0 Å². The van der Waals surface area contributed by atoms with Gasteiger partial charge in [-0.05, 0) is 61.9 Å². The third kappa shape index (κ3) is 3.98. The summed E-state index contributed by atoms with van der Waals surface area (Å²) in [6, 6.07) is 10.4. The number of nitrogens with zero attached hydrogens (tertiary/aromatic N) is 7. The summed E-state index contributed by atoms with van der Waals surface area (Å²) in [6.45, 7) is 1.94. The van der Waals surface area contributed by atoms with Gasteiger partial charge in [-0.3, -0.25) is 14.1 Å². The number of thiazole rings is 1. The first kappa shape index (κ1) is 20.3. The molecule has 33 heavy (non-hydrogen) atoms. The zero-order valence-electron chi connectivity index (χ0n) is 18.2. The highest BCUT2D eigenvalue weighted by atomic mass is 32.2. The van der Waals surface area contributed by atoms with E-state index >= 15 is 0 Å². The number of aromatic nitrogens is 6. The van der Waals surface area contributed by atoms with Crippen molar-refractivity contribution in [2.24, 2.45) is 12.0 Å². The largest absolute Gasteiger partial charge is 0.277 e. The summed E-state index contributed by atoms with van der Waals surface area (Å²) in [4.78, 5) is 11.5. The van der Waals surface area contributed by atoms with Crippen molar-refractivity contribution in [2.75, 3.05) is 0 Å². The van der Waals surface area contributed by atoms with Gasteiger partial charge < -0.3 is 0 Å². The predicted octanol–water partition coefficient (Wildman–Crippen LogP) is 6.00. The van der Waals surface area contributed by atoms with Gasteiger partial charge in [0.25, 0.3) is 0 Å². The van der Waals surface area contributed by atoms with Crippen LogP contribution in [-0.4, -0.2) is 35.6 Å². The topological polar surface area (TPSA) is 73.3 Å². The van der Waals surface area contributed by atoms with Gasteiger partial charge in [0.05, 0.1) is 21.8 Å². The molecule has 0 bridgehead atoms. The Hall–Kier alpha value is -3.30. The van der Waals surface area contributed by atoms with Crippen LogP contribution in [-0.2, 0) is 7.05 Å². The zero-order chi connectivity index (χ0) is 22.4. The Morgan fingerprint density at radius 3 is 2.79 bits per heavy atom. The molecule has 0 N–H and O–H groups in total. The minimum absolute atomic E-state index is 0.649.